The van der Waals surface area contributed by atoms with Crippen molar-refractivity contribution in [2.24, 2.45) is 0 Å². The maximum absolute atomic E-state index is 13.6. The van der Waals surface area contributed by atoms with Gasteiger partial charge in [0.15, 0.2) is 0 Å². The molecule has 7 heteroatoms. The zero-order chi connectivity index (χ0) is 25.1. The minimum absolute atomic E-state index is 0.0440. The van der Waals surface area contributed by atoms with Crippen molar-refractivity contribution in [1.29, 1.82) is 0 Å². The van der Waals surface area contributed by atoms with E-state index >= 15 is 0 Å². The molecule has 0 atom stereocenters. The Morgan fingerprint density at radius 2 is 1.86 bits per heavy atom. The monoisotopic (exact) mass is 504 g/mol. The zero-order valence-electron chi connectivity index (χ0n) is 20.4. The second kappa shape index (κ2) is 10.8. The van der Waals surface area contributed by atoms with Crippen LogP contribution in [0.4, 0.5) is 10.1 Å². The highest BCUT2D eigenvalue weighted by Crippen LogP contribution is 2.32. The van der Waals surface area contributed by atoms with Gasteiger partial charge in [-0.15, -0.1) is 0 Å². The summed E-state index contributed by atoms with van der Waals surface area (Å²) in [5, 5.41) is 3.26. The van der Waals surface area contributed by atoms with Gasteiger partial charge in [-0.25, -0.2) is 9.37 Å². The molecule has 0 unspecified atom stereocenters. The van der Waals surface area contributed by atoms with E-state index in [1.165, 1.54) is 24.6 Å². The van der Waals surface area contributed by atoms with Crippen LogP contribution in [0.2, 0.25) is 5.02 Å². The van der Waals surface area contributed by atoms with Gasteiger partial charge in [0.25, 0.3) is 0 Å². The number of carbonyl (C=O) groups excluding carboxylic acids is 1. The molecule has 5 nitrogen and oxygen atoms in total. The number of amides is 1. The normalized spacial score (nSPS) is 14.9. The highest BCUT2D eigenvalue weighted by atomic mass is 35.5. The van der Waals surface area contributed by atoms with Crippen molar-refractivity contribution < 1.29 is 9.18 Å². The van der Waals surface area contributed by atoms with E-state index < -0.39 is 0 Å². The number of rotatable bonds is 7. The van der Waals surface area contributed by atoms with E-state index in [2.05, 4.69) is 33.0 Å². The Morgan fingerprint density at radius 1 is 1.06 bits per heavy atom. The summed E-state index contributed by atoms with van der Waals surface area (Å²) in [6.07, 6.45) is 3.19. The number of halogens is 2. The molecular weight excluding hydrogens is 475 g/mol. The summed E-state index contributed by atoms with van der Waals surface area (Å²) in [5.41, 5.74) is 4.89. The molecule has 1 fully saturated rings. The van der Waals surface area contributed by atoms with Crippen molar-refractivity contribution in [3.05, 3.63) is 83.1 Å². The SMILES string of the molecule is CC(=O)Nc1cccc(C2CCN(CCCn3c(-c4ccc(F)cc4Cl)nc4ccccc43)CC2)c1. The Balaban J connectivity index is 1.23. The molecule has 0 radical (unpaired) electrons. The predicted octanol–water partition coefficient (Wildman–Crippen LogP) is 6.72. The fraction of sp³-hybridized carbons (Fsp3) is 0.310. The summed E-state index contributed by atoms with van der Waals surface area (Å²) in [7, 11) is 0. The van der Waals surface area contributed by atoms with Gasteiger partial charge in [0, 0.05) is 24.7 Å². The fourth-order valence-corrected chi connectivity index (χ4v) is 5.45. The van der Waals surface area contributed by atoms with Gasteiger partial charge in [-0.2, -0.15) is 0 Å². The number of para-hydroxylation sites is 2. The number of anilines is 1. The third-order valence-electron chi connectivity index (χ3n) is 6.95. The first-order valence-electron chi connectivity index (χ1n) is 12.5. The Labute approximate surface area is 215 Å². The van der Waals surface area contributed by atoms with Crippen LogP contribution in [-0.4, -0.2) is 40.0 Å². The van der Waals surface area contributed by atoms with E-state index in [-0.39, 0.29) is 11.7 Å². The fourth-order valence-electron chi connectivity index (χ4n) is 5.19. The number of aromatic nitrogens is 2. The van der Waals surface area contributed by atoms with Gasteiger partial charge in [-0.05, 0) is 92.8 Å². The van der Waals surface area contributed by atoms with Gasteiger partial charge in [0.05, 0.1) is 16.1 Å². The largest absolute Gasteiger partial charge is 0.326 e. The van der Waals surface area contributed by atoms with Crippen LogP contribution >= 0.6 is 11.6 Å². The third kappa shape index (κ3) is 5.45. The molecule has 186 valence electrons. The van der Waals surface area contributed by atoms with E-state index in [0.717, 1.165) is 73.6 Å². The summed E-state index contributed by atoms with van der Waals surface area (Å²) >= 11 is 6.40. The highest BCUT2D eigenvalue weighted by molar-refractivity contribution is 6.33. The van der Waals surface area contributed by atoms with E-state index in [4.69, 9.17) is 16.6 Å². The lowest BCUT2D eigenvalue weighted by Gasteiger charge is -2.32. The van der Waals surface area contributed by atoms with Crippen molar-refractivity contribution in [3.8, 4) is 11.4 Å². The number of piperidine rings is 1. The van der Waals surface area contributed by atoms with Crippen molar-refractivity contribution in [2.45, 2.75) is 38.6 Å². The molecule has 4 aromatic rings. The molecule has 0 spiro atoms. The van der Waals surface area contributed by atoms with Crippen LogP contribution in [0.15, 0.2) is 66.7 Å². The van der Waals surface area contributed by atoms with Gasteiger partial charge in [-0.1, -0.05) is 35.9 Å². The number of hydrogen-bond acceptors (Lipinski definition) is 3. The Morgan fingerprint density at radius 3 is 2.64 bits per heavy atom. The van der Waals surface area contributed by atoms with Crippen LogP contribution in [0.25, 0.3) is 22.4 Å². The maximum Gasteiger partial charge on any atom is 0.221 e. The summed E-state index contributed by atoms with van der Waals surface area (Å²) in [6.45, 7) is 5.45. The Hall–Kier alpha value is -3.22. The lowest BCUT2D eigenvalue weighted by Crippen LogP contribution is -2.34. The maximum atomic E-state index is 13.6. The summed E-state index contributed by atoms with van der Waals surface area (Å²) < 4.78 is 15.9. The third-order valence-corrected chi connectivity index (χ3v) is 7.26. The van der Waals surface area contributed by atoms with Crippen molar-refractivity contribution >= 4 is 34.2 Å². The van der Waals surface area contributed by atoms with Gasteiger partial charge in [0.1, 0.15) is 11.6 Å². The molecule has 1 N–H and O–H groups in total. The number of hydrogen-bond donors (Lipinski definition) is 1. The van der Waals surface area contributed by atoms with Crippen LogP contribution in [0.1, 0.15) is 37.7 Å². The zero-order valence-corrected chi connectivity index (χ0v) is 21.1. The number of nitrogens with one attached hydrogen (secondary N) is 1. The van der Waals surface area contributed by atoms with Crippen LogP contribution in [0.5, 0.6) is 0 Å². The smallest absolute Gasteiger partial charge is 0.221 e. The predicted molar refractivity (Wildman–Crippen MR) is 144 cm³/mol. The van der Waals surface area contributed by atoms with Crippen LogP contribution in [-0.2, 0) is 11.3 Å². The quantitative estimate of drug-likeness (QED) is 0.304. The lowest BCUT2D eigenvalue weighted by atomic mass is 9.89. The van der Waals surface area contributed by atoms with Crippen LogP contribution in [0.3, 0.4) is 0 Å². The van der Waals surface area contributed by atoms with Gasteiger partial charge >= 0.3 is 0 Å². The molecule has 0 bridgehead atoms. The number of carbonyl (C=O) groups is 1. The van der Waals surface area contributed by atoms with Crippen molar-refractivity contribution in [3.63, 3.8) is 0 Å². The standard InChI is InChI=1S/C29H30ClFN4O/c1-20(36)32-24-7-4-6-22(18-24)21-12-16-34(17-13-21)14-5-15-35-28-9-3-2-8-27(28)33-29(35)25-11-10-23(31)19-26(25)30/h2-4,6-11,18-19,21H,5,12-17H2,1H3,(H,32,36). The Bertz CT molecular complexity index is 1380. The topological polar surface area (TPSA) is 50.2 Å². The lowest BCUT2D eigenvalue weighted by molar-refractivity contribution is -0.114. The first-order valence-corrected chi connectivity index (χ1v) is 12.9. The number of likely N-dealkylation sites (tertiary alicyclic amines) is 1. The molecule has 1 aromatic heterocycles. The molecule has 5 rings (SSSR count). The molecule has 0 aliphatic carbocycles. The number of benzene rings is 3. The molecule has 1 aliphatic heterocycles. The minimum Gasteiger partial charge on any atom is -0.326 e. The second-order valence-corrected chi connectivity index (χ2v) is 9.88. The van der Waals surface area contributed by atoms with Crippen molar-refractivity contribution in [2.75, 3.05) is 25.0 Å². The second-order valence-electron chi connectivity index (χ2n) is 9.48. The van der Waals surface area contributed by atoms with Crippen LogP contribution < -0.4 is 5.32 Å². The molecule has 1 saturated heterocycles. The summed E-state index contributed by atoms with van der Waals surface area (Å²) in [6, 6.07) is 20.8. The first kappa shape index (κ1) is 24.5. The molecule has 0 saturated carbocycles. The number of nitrogens with zero attached hydrogens (tertiary/aromatic N) is 3. The molecule has 1 amide bonds. The summed E-state index contributed by atoms with van der Waals surface area (Å²) in [5.74, 6) is 0.896. The van der Waals surface area contributed by atoms with E-state index in [1.54, 1.807) is 6.07 Å². The number of imidazole rings is 1. The number of fused-ring (bicyclic) bond motifs is 1. The summed E-state index contributed by atoms with van der Waals surface area (Å²) in [4.78, 5) is 18.7. The van der Waals surface area contributed by atoms with Gasteiger partial charge in [-0.3, -0.25) is 4.79 Å². The Kier molecular flexibility index (Phi) is 7.35. The molecule has 36 heavy (non-hydrogen) atoms. The van der Waals surface area contributed by atoms with Crippen molar-refractivity contribution in [1.82, 2.24) is 14.5 Å². The van der Waals surface area contributed by atoms with E-state index in [0.29, 0.717) is 10.9 Å². The number of aryl methyl sites for hydroxylation is 1. The van der Waals surface area contributed by atoms with Gasteiger partial charge in [0.2, 0.25) is 5.91 Å². The molecule has 3 aromatic carbocycles. The molecular formula is C29H30ClFN4O. The average Bonchev–Trinajstić information content (AvgIpc) is 3.22. The average molecular weight is 505 g/mol. The van der Waals surface area contributed by atoms with Gasteiger partial charge < -0.3 is 14.8 Å². The molecule has 1 aliphatic rings. The van der Waals surface area contributed by atoms with E-state index in [1.807, 2.05) is 30.3 Å². The molecule has 2 heterocycles. The van der Waals surface area contributed by atoms with E-state index in [9.17, 15) is 9.18 Å². The van der Waals surface area contributed by atoms with Crippen LogP contribution in [0, 0.1) is 5.82 Å². The first-order chi connectivity index (χ1) is 17.5. The highest BCUT2D eigenvalue weighted by Gasteiger charge is 2.21. The minimum atomic E-state index is -0.350.